The van der Waals surface area contributed by atoms with Gasteiger partial charge in [-0.3, -0.25) is 4.98 Å². The monoisotopic (exact) mass is 397 g/mol. The highest BCUT2D eigenvalue weighted by Crippen LogP contribution is 2.31. The van der Waals surface area contributed by atoms with Crippen LogP contribution in [0.3, 0.4) is 0 Å². The fourth-order valence-electron chi connectivity index (χ4n) is 4.06. The SMILES string of the molecule is C=C/C(=C(\C(=C)N(C)C)N1CCC1)c1ccc(Cc2ccc3c(n2)CCC=C3)cc1. The van der Waals surface area contributed by atoms with Gasteiger partial charge in [0.15, 0.2) is 0 Å². The topological polar surface area (TPSA) is 19.4 Å². The first kappa shape index (κ1) is 20.2. The van der Waals surface area contributed by atoms with Crippen molar-refractivity contribution in [2.45, 2.75) is 25.7 Å². The molecule has 0 amide bonds. The third-order valence-corrected chi connectivity index (χ3v) is 6.01. The molecule has 0 atom stereocenters. The van der Waals surface area contributed by atoms with E-state index in [4.69, 9.17) is 4.98 Å². The molecular weight excluding hydrogens is 366 g/mol. The molecule has 1 aromatic heterocycles. The van der Waals surface area contributed by atoms with Gasteiger partial charge in [-0.05, 0) is 42.0 Å². The van der Waals surface area contributed by atoms with Crippen LogP contribution >= 0.6 is 0 Å². The molecule has 0 unspecified atom stereocenters. The predicted octanol–water partition coefficient (Wildman–Crippen LogP) is 5.31. The molecule has 0 bridgehead atoms. The van der Waals surface area contributed by atoms with Crippen LogP contribution in [0.5, 0.6) is 0 Å². The maximum absolute atomic E-state index is 4.89. The van der Waals surface area contributed by atoms with Crippen LogP contribution < -0.4 is 0 Å². The zero-order chi connectivity index (χ0) is 21.1. The first-order valence-corrected chi connectivity index (χ1v) is 10.8. The zero-order valence-electron chi connectivity index (χ0n) is 18.2. The van der Waals surface area contributed by atoms with E-state index in [-0.39, 0.29) is 0 Å². The summed E-state index contributed by atoms with van der Waals surface area (Å²) in [6.07, 6.45) is 10.6. The number of nitrogens with zero attached hydrogens (tertiary/aromatic N) is 3. The second-order valence-corrected chi connectivity index (χ2v) is 8.30. The van der Waals surface area contributed by atoms with E-state index < -0.39 is 0 Å². The number of hydrogen-bond donors (Lipinski definition) is 0. The molecule has 2 heterocycles. The first-order valence-electron chi connectivity index (χ1n) is 10.8. The van der Waals surface area contributed by atoms with Gasteiger partial charge in [0.05, 0.1) is 11.4 Å². The number of likely N-dealkylation sites (tertiary alicyclic amines) is 1. The summed E-state index contributed by atoms with van der Waals surface area (Å²) in [6, 6.07) is 13.2. The molecule has 30 heavy (non-hydrogen) atoms. The van der Waals surface area contributed by atoms with Gasteiger partial charge in [-0.1, -0.05) is 61.7 Å². The Morgan fingerprint density at radius 1 is 1.13 bits per heavy atom. The van der Waals surface area contributed by atoms with E-state index in [0.29, 0.717) is 0 Å². The summed E-state index contributed by atoms with van der Waals surface area (Å²) in [4.78, 5) is 9.38. The van der Waals surface area contributed by atoms with Crippen LogP contribution in [0.2, 0.25) is 0 Å². The highest BCUT2D eigenvalue weighted by atomic mass is 15.2. The van der Waals surface area contributed by atoms with Gasteiger partial charge in [-0.15, -0.1) is 0 Å². The van der Waals surface area contributed by atoms with Crippen LogP contribution in [-0.4, -0.2) is 42.0 Å². The maximum atomic E-state index is 4.89. The fourth-order valence-corrected chi connectivity index (χ4v) is 4.06. The number of allylic oxidation sites excluding steroid dienone is 3. The molecule has 3 nitrogen and oxygen atoms in total. The maximum Gasteiger partial charge on any atom is 0.0677 e. The molecule has 0 N–H and O–H groups in total. The largest absolute Gasteiger partial charge is 0.376 e. The Morgan fingerprint density at radius 3 is 2.53 bits per heavy atom. The Balaban J connectivity index is 1.59. The second kappa shape index (κ2) is 8.74. The van der Waals surface area contributed by atoms with Crippen molar-refractivity contribution in [3.8, 4) is 0 Å². The minimum Gasteiger partial charge on any atom is -0.376 e. The van der Waals surface area contributed by atoms with Crippen molar-refractivity contribution in [2.75, 3.05) is 27.2 Å². The summed E-state index contributed by atoms with van der Waals surface area (Å²) >= 11 is 0. The number of likely N-dealkylation sites (N-methyl/N-ethyl adjacent to an activating group) is 1. The molecule has 0 spiro atoms. The molecule has 1 aromatic carbocycles. The fraction of sp³-hybridized carbons (Fsp3) is 0.296. The van der Waals surface area contributed by atoms with Gasteiger partial charge in [0.2, 0.25) is 0 Å². The molecule has 3 heteroatoms. The van der Waals surface area contributed by atoms with E-state index in [0.717, 1.165) is 49.3 Å². The molecule has 1 aliphatic carbocycles. The van der Waals surface area contributed by atoms with E-state index >= 15 is 0 Å². The van der Waals surface area contributed by atoms with E-state index in [1.54, 1.807) is 0 Å². The third kappa shape index (κ3) is 4.11. The van der Waals surface area contributed by atoms with Gasteiger partial charge in [0.25, 0.3) is 0 Å². The van der Waals surface area contributed by atoms with Crippen molar-refractivity contribution in [1.29, 1.82) is 0 Å². The van der Waals surface area contributed by atoms with Gasteiger partial charge in [-0.25, -0.2) is 0 Å². The number of rotatable bonds is 7. The lowest BCUT2D eigenvalue weighted by Crippen LogP contribution is -2.39. The molecule has 1 aliphatic heterocycles. The van der Waals surface area contributed by atoms with Gasteiger partial charge in [0, 0.05) is 50.6 Å². The van der Waals surface area contributed by atoms with E-state index in [2.05, 4.69) is 71.5 Å². The Bertz CT molecular complexity index is 1000. The number of hydrogen-bond acceptors (Lipinski definition) is 3. The molecule has 4 rings (SSSR count). The van der Waals surface area contributed by atoms with Crippen LogP contribution in [0.4, 0.5) is 0 Å². The summed E-state index contributed by atoms with van der Waals surface area (Å²) in [5, 5.41) is 0. The molecule has 2 aliphatic rings. The van der Waals surface area contributed by atoms with Crippen LogP contribution in [0, 0.1) is 0 Å². The molecule has 1 saturated heterocycles. The first-order chi connectivity index (χ1) is 14.6. The van der Waals surface area contributed by atoms with Crippen molar-refractivity contribution in [3.63, 3.8) is 0 Å². The van der Waals surface area contributed by atoms with E-state index in [1.165, 1.54) is 34.5 Å². The lowest BCUT2D eigenvalue weighted by atomic mass is 9.97. The van der Waals surface area contributed by atoms with Crippen LogP contribution in [-0.2, 0) is 12.8 Å². The van der Waals surface area contributed by atoms with Gasteiger partial charge >= 0.3 is 0 Å². The van der Waals surface area contributed by atoms with Crippen LogP contribution in [0.15, 0.2) is 73.1 Å². The number of aromatic nitrogens is 1. The normalized spacial score (nSPS) is 15.7. The van der Waals surface area contributed by atoms with E-state index in [1.807, 2.05) is 20.2 Å². The van der Waals surface area contributed by atoms with Gasteiger partial charge in [0.1, 0.15) is 0 Å². The molecular formula is C27H31N3. The predicted molar refractivity (Wildman–Crippen MR) is 127 cm³/mol. The summed E-state index contributed by atoms with van der Waals surface area (Å²) in [7, 11) is 4.10. The highest BCUT2D eigenvalue weighted by molar-refractivity contribution is 5.78. The molecule has 2 aromatic rings. The number of aryl methyl sites for hydroxylation is 1. The number of benzene rings is 1. The summed E-state index contributed by atoms with van der Waals surface area (Å²) in [5.74, 6) is 0. The number of fused-ring (bicyclic) bond motifs is 1. The summed E-state index contributed by atoms with van der Waals surface area (Å²) < 4.78 is 0. The lowest BCUT2D eigenvalue weighted by Gasteiger charge is -2.39. The summed E-state index contributed by atoms with van der Waals surface area (Å²) in [6.45, 7) is 10.6. The zero-order valence-corrected chi connectivity index (χ0v) is 18.2. The minimum atomic E-state index is 0.855. The third-order valence-electron chi connectivity index (χ3n) is 6.01. The van der Waals surface area contributed by atoms with Crippen molar-refractivity contribution >= 4 is 11.6 Å². The standard InChI is InChI=1S/C27H31N3/c1-5-25(27(20(2)29(3)4)30-17-8-18-30)22-13-11-21(12-14-22)19-24-16-15-23-9-6-7-10-26(23)28-24/h5-6,9,11-16H,1-2,7-8,10,17-19H2,3-4H3/b27-25-. The average molecular weight is 398 g/mol. The Labute approximate surface area is 180 Å². The Kier molecular flexibility index (Phi) is 5.89. The molecule has 0 saturated carbocycles. The molecule has 0 radical (unpaired) electrons. The second-order valence-electron chi connectivity index (χ2n) is 8.30. The van der Waals surface area contributed by atoms with Crippen LogP contribution in [0.1, 0.15) is 40.9 Å². The smallest absolute Gasteiger partial charge is 0.0677 e. The van der Waals surface area contributed by atoms with Gasteiger partial charge in [-0.2, -0.15) is 0 Å². The average Bonchev–Trinajstić information content (AvgIpc) is 2.72. The van der Waals surface area contributed by atoms with Gasteiger partial charge < -0.3 is 9.80 Å². The quantitative estimate of drug-likeness (QED) is 0.590. The van der Waals surface area contributed by atoms with Crippen molar-refractivity contribution < 1.29 is 0 Å². The van der Waals surface area contributed by atoms with Crippen LogP contribution in [0.25, 0.3) is 11.6 Å². The summed E-state index contributed by atoms with van der Waals surface area (Å²) in [5.41, 5.74) is 9.46. The Morgan fingerprint density at radius 2 is 1.90 bits per heavy atom. The lowest BCUT2D eigenvalue weighted by molar-refractivity contribution is 0.235. The van der Waals surface area contributed by atoms with Crippen molar-refractivity contribution in [3.05, 3.63) is 101 Å². The van der Waals surface area contributed by atoms with Crippen molar-refractivity contribution in [2.24, 2.45) is 0 Å². The minimum absolute atomic E-state index is 0.855. The molecule has 1 fully saturated rings. The molecule has 154 valence electrons. The highest BCUT2D eigenvalue weighted by Gasteiger charge is 2.23. The van der Waals surface area contributed by atoms with Crippen molar-refractivity contribution in [1.82, 2.24) is 14.8 Å². The number of pyridine rings is 1. The Hall–Kier alpha value is -3.07. The van der Waals surface area contributed by atoms with E-state index in [9.17, 15) is 0 Å².